The van der Waals surface area contributed by atoms with Crippen LogP contribution in [-0.2, 0) is 9.47 Å². The minimum Gasteiger partial charge on any atom is -0.385 e. The van der Waals surface area contributed by atoms with Gasteiger partial charge in [0.2, 0.25) is 0 Å². The van der Waals surface area contributed by atoms with Gasteiger partial charge in [0, 0.05) is 4.48 Å². The Morgan fingerprint density at radius 1 is 1.43 bits per heavy atom. The van der Waals surface area contributed by atoms with Gasteiger partial charge in [-0.2, -0.15) is 0 Å². The van der Waals surface area contributed by atoms with Crippen LogP contribution in [0.5, 0.6) is 0 Å². The topological polar surface area (TPSA) is 38.7 Å². The first-order chi connectivity index (χ1) is 6.46. The average Bonchev–Trinajstić information content (AvgIpc) is 2.50. The Hall–Kier alpha value is 0.1000. The summed E-state index contributed by atoms with van der Waals surface area (Å²) in [6, 6.07) is 0. The number of aliphatic hydroxyl groups excluding tert-OH is 1. The van der Waals surface area contributed by atoms with E-state index in [1.165, 1.54) is 0 Å². The quantitative estimate of drug-likeness (QED) is 0.785. The summed E-state index contributed by atoms with van der Waals surface area (Å²) in [5.74, 6) is -0.579. The lowest BCUT2D eigenvalue weighted by atomic mass is 10.1. The molecular weight excluding hydrogens is 248 g/mol. The fraction of sp³-hybridized carbons (Fsp3) is 0.800. The first-order valence-electron chi connectivity index (χ1n) is 4.88. The average molecular weight is 263 g/mol. The molecule has 1 saturated heterocycles. The minimum absolute atomic E-state index is 0.0839. The third-order valence-corrected chi connectivity index (χ3v) is 3.71. The molecule has 80 valence electrons. The Bertz CT molecular complexity index is 285. The van der Waals surface area contributed by atoms with Crippen molar-refractivity contribution in [2.24, 2.45) is 0 Å². The van der Waals surface area contributed by atoms with Crippen LogP contribution in [0.2, 0.25) is 0 Å². The van der Waals surface area contributed by atoms with E-state index >= 15 is 0 Å². The van der Waals surface area contributed by atoms with Crippen LogP contribution in [0, 0.1) is 0 Å². The zero-order valence-corrected chi connectivity index (χ0v) is 10.2. The first kappa shape index (κ1) is 10.6. The van der Waals surface area contributed by atoms with Crippen LogP contribution in [0.15, 0.2) is 10.1 Å². The fourth-order valence-corrected chi connectivity index (χ4v) is 2.90. The zero-order valence-electron chi connectivity index (χ0n) is 8.58. The summed E-state index contributed by atoms with van der Waals surface area (Å²) in [6.45, 7) is 5.80. The highest BCUT2D eigenvalue weighted by Gasteiger charge is 2.51. The van der Waals surface area contributed by atoms with Crippen molar-refractivity contribution in [3.05, 3.63) is 10.1 Å². The minimum atomic E-state index is -0.579. The number of ether oxygens (including phenoxy) is 2. The summed E-state index contributed by atoms with van der Waals surface area (Å²) in [6.07, 6.45) is -0.0245. The molecule has 0 radical (unpaired) electrons. The second-order valence-electron chi connectivity index (χ2n) is 4.19. The number of halogens is 1. The molecule has 0 bridgehead atoms. The van der Waals surface area contributed by atoms with E-state index < -0.39 is 11.9 Å². The van der Waals surface area contributed by atoms with Gasteiger partial charge in [0.05, 0.1) is 0 Å². The highest BCUT2D eigenvalue weighted by Crippen LogP contribution is 2.44. The molecule has 14 heavy (non-hydrogen) atoms. The van der Waals surface area contributed by atoms with E-state index in [0.717, 1.165) is 16.5 Å². The second kappa shape index (κ2) is 3.30. The van der Waals surface area contributed by atoms with Crippen LogP contribution < -0.4 is 0 Å². The summed E-state index contributed by atoms with van der Waals surface area (Å²) < 4.78 is 12.2. The molecule has 4 heteroatoms. The molecule has 0 spiro atoms. The van der Waals surface area contributed by atoms with Crippen LogP contribution in [0.25, 0.3) is 0 Å². The van der Waals surface area contributed by atoms with Gasteiger partial charge in [0.15, 0.2) is 5.79 Å². The van der Waals surface area contributed by atoms with E-state index in [1.54, 1.807) is 0 Å². The van der Waals surface area contributed by atoms with E-state index in [2.05, 4.69) is 22.9 Å². The SMILES string of the molecule is CCC1=C(Br)[C@@H](O)[C@H]2OC(C)(C)O[C@@H]12. The molecule has 2 rings (SSSR count). The predicted molar refractivity (Wildman–Crippen MR) is 56.1 cm³/mol. The van der Waals surface area contributed by atoms with Crippen molar-refractivity contribution < 1.29 is 14.6 Å². The Labute approximate surface area is 92.2 Å². The number of hydrogen-bond acceptors (Lipinski definition) is 3. The van der Waals surface area contributed by atoms with Gasteiger partial charge in [0.25, 0.3) is 0 Å². The van der Waals surface area contributed by atoms with Crippen LogP contribution in [0.1, 0.15) is 27.2 Å². The fourth-order valence-electron chi connectivity index (χ4n) is 2.13. The van der Waals surface area contributed by atoms with Crippen molar-refractivity contribution in [1.82, 2.24) is 0 Å². The van der Waals surface area contributed by atoms with Gasteiger partial charge in [-0.3, -0.25) is 0 Å². The molecule has 1 aliphatic heterocycles. The normalized spacial score (nSPS) is 40.5. The molecule has 3 nitrogen and oxygen atoms in total. The van der Waals surface area contributed by atoms with Crippen molar-refractivity contribution in [2.45, 2.75) is 51.3 Å². The number of rotatable bonds is 1. The lowest BCUT2D eigenvalue weighted by Crippen LogP contribution is -2.30. The highest BCUT2D eigenvalue weighted by atomic mass is 79.9. The van der Waals surface area contributed by atoms with E-state index in [0.29, 0.717) is 0 Å². The largest absolute Gasteiger partial charge is 0.385 e. The second-order valence-corrected chi connectivity index (χ2v) is 5.05. The maximum Gasteiger partial charge on any atom is 0.164 e. The van der Waals surface area contributed by atoms with Crippen LogP contribution >= 0.6 is 15.9 Å². The third kappa shape index (κ3) is 1.45. The van der Waals surface area contributed by atoms with Crippen molar-refractivity contribution in [3.63, 3.8) is 0 Å². The molecule has 0 aromatic heterocycles. The molecule has 0 aromatic carbocycles. The van der Waals surface area contributed by atoms with Crippen molar-refractivity contribution in [1.29, 1.82) is 0 Å². The van der Waals surface area contributed by atoms with E-state index in [9.17, 15) is 5.11 Å². The van der Waals surface area contributed by atoms with Gasteiger partial charge in [-0.15, -0.1) is 0 Å². The van der Waals surface area contributed by atoms with Gasteiger partial charge >= 0.3 is 0 Å². The molecular formula is C10H15BrO3. The molecule has 1 heterocycles. The molecule has 0 amide bonds. The smallest absolute Gasteiger partial charge is 0.164 e. The third-order valence-electron chi connectivity index (χ3n) is 2.73. The summed E-state index contributed by atoms with van der Waals surface area (Å²) in [4.78, 5) is 0. The molecule has 1 N–H and O–H groups in total. The highest BCUT2D eigenvalue weighted by molar-refractivity contribution is 9.11. The lowest BCUT2D eigenvalue weighted by Gasteiger charge is -2.20. The Morgan fingerprint density at radius 3 is 2.64 bits per heavy atom. The predicted octanol–water partition coefficient (Wildman–Crippen LogP) is 1.94. The molecule has 1 fully saturated rings. The standard InChI is InChI=1S/C10H15BrO3/c1-4-5-6(11)7(12)9-8(5)13-10(2,3)14-9/h7-9,12H,4H2,1-3H3/t7-,8+,9-/m1/s1. The monoisotopic (exact) mass is 262 g/mol. The molecule has 0 aromatic rings. The molecule has 3 atom stereocenters. The van der Waals surface area contributed by atoms with Crippen LogP contribution in [0.4, 0.5) is 0 Å². The molecule has 2 aliphatic rings. The maximum atomic E-state index is 9.89. The summed E-state index contributed by atoms with van der Waals surface area (Å²) in [7, 11) is 0. The number of fused-ring (bicyclic) bond motifs is 1. The summed E-state index contributed by atoms with van der Waals surface area (Å²) >= 11 is 3.39. The Morgan fingerprint density at radius 2 is 2.07 bits per heavy atom. The number of aliphatic hydroxyl groups is 1. The molecule has 1 aliphatic carbocycles. The number of hydrogen-bond donors (Lipinski definition) is 1. The van der Waals surface area contributed by atoms with Crippen molar-refractivity contribution in [3.8, 4) is 0 Å². The van der Waals surface area contributed by atoms with Gasteiger partial charge in [-0.05, 0) is 25.8 Å². The van der Waals surface area contributed by atoms with Crippen molar-refractivity contribution >= 4 is 15.9 Å². The Balaban J connectivity index is 2.28. The van der Waals surface area contributed by atoms with Crippen LogP contribution in [-0.4, -0.2) is 29.2 Å². The van der Waals surface area contributed by atoms with Gasteiger partial charge in [-0.1, -0.05) is 22.9 Å². The summed E-state index contributed by atoms with van der Waals surface area (Å²) in [5, 5.41) is 9.89. The van der Waals surface area contributed by atoms with Gasteiger partial charge in [0.1, 0.15) is 18.3 Å². The summed E-state index contributed by atoms with van der Waals surface area (Å²) in [5.41, 5.74) is 1.12. The zero-order chi connectivity index (χ0) is 10.5. The lowest BCUT2D eigenvalue weighted by molar-refractivity contribution is -0.153. The van der Waals surface area contributed by atoms with E-state index in [4.69, 9.17) is 9.47 Å². The Kier molecular flexibility index (Phi) is 2.50. The van der Waals surface area contributed by atoms with E-state index in [-0.39, 0.29) is 12.2 Å². The van der Waals surface area contributed by atoms with Crippen LogP contribution in [0.3, 0.4) is 0 Å². The van der Waals surface area contributed by atoms with Gasteiger partial charge < -0.3 is 14.6 Å². The van der Waals surface area contributed by atoms with E-state index in [1.807, 2.05) is 13.8 Å². The maximum absolute atomic E-state index is 9.89. The molecule has 0 unspecified atom stereocenters. The first-order valence-corrected chi connectivity index (χ1v) is 5.67. The van der Waals surface area contributed by atoms with Gasteiger partial charge in [-0.25, -0.2) is 0 Å². The molecule has 0 saturated carbocycles. The van der Waals surface area contributed by atoms with Crippen molar-refractivity contribution in [2.75, 3.05) is 0 Å².